The first kappa shape index (κ1) is 28.4. The topological polar surface area (TPSA) is 164 Å². The number of amides is 2. The fraction of sp³-hybridized carbons (Fsp3) is 0.321. The Balaban J connectivity index is 1.30. The molecule has 5 rings (SSSR count). The van der Waals surface area contributed by atoms with Crippen molar-refractivity contribution in [2.75, 3.05) is 18.4 Å². The van der Waals surface area contributed by atoms with Crippen LogP contribution in [0.3, 0.4) is 0 Å². The molecule has 14 heteroatoms. The van der Waals surface area contributed by atoms with Crippen LogP contribution in [0.5, 0.6) is 23.1 Å². The summed E-state index contributed by atoms with van der Waals surface area (Å²) in [6, 6.07) is 8.23. The van der Waals surface area contributed by atoms with Crippen molar-refractivity contribution in [2.45, 2.75) is 45.3 Å². The van der Waals surface area contributed by atoms with E-state index in [2.05, 4.69) is 25.7 Å². The average molecular weight is 580 g/mol. The quantitative estimate of drug-likeness (QED) is 0.242. The monoisotopic (exact) mass is 579 g/mol. The fourth-order valence-corrected chi connectivity index (χ4v) is 4.37. The number of hydrogen-bond donors (Lipinski definition) is 4. The van der Waals surface area contributed by atoms with Crippen LogP contribution in [-0.2, 0) is 0 Å². The molecule has 220 valence electrons. The van der Waals surface area contributed by atoms with Crippen LogP contribution >= 0.6 is 0 Å². The number of likely N-dealkylation sites (tertiary alicyclic amines) is 1. The molecule has 42 heavy (non-hydrogen) atoms. The number of phenols is 1. The number of carbonyl (C=O) groups excluding carboxylic acids is 1. The number of piperidine rings is 1. The van der Waals surface area contributed by atoms with Gasteiger partial charge in [-0.15, -0.1) is 5.10 Å². The zero-order valence-electron chi connectivity index (χ0n) is 23.2. The van der Waals surface area contributed by atoms with Gasteiger partial charge < -0.3 is 35.2 Å². The summed E-state index contributed by atoms with van der Waals surface area (Å²) in [5.74, 6) is -0.0114. The third kappa shape index (κ3) is 6.59. The minimum atomic E-state index is -0.974. The summed E-state index contributed by atoms with van der Waals surface area (Å²) in [5.41, 5.74) is 0.0694. The van der Waals surface area contributed by atoms with Gasteiger partial charge in [-0.3, -0.25) is 0 Å². The van der Waals surface area contributed by atoms with Crippen LogP contribution in [0.2, 0.25) is 0 Å². The molecule has 0 spiro atoms. The lowest BCUT2D eigenvalue weighted by molar-refractivity contribution is 0.0879. The third-order valence-electron chi connectivity index (χ3n) is 6.39. The third-order valence-corrected chi connectivity index (χ3v) is 6.39. The summed E-state index contributed by atoms with van der Waals surface area (Å²) in [5, 5.41) is 30.0. The Bertz CT molecular complexity index is 1630. The molecule has 1 fully saturated rings. The van der Waals surface area contributed by atoms with Gasteiger partial charge in [-0.2, -0.15) is 4.68 Å². The van der Waals surface area contributed by atoms with Crippen molar-refractivity contribution in [3.05, 3.63) is 54.7 Å². The molecule has 0 radical (unpaired) electrons. The molecule has 4 aromatic rings. The lowest BCUT2D eigenvalue weighted by atomic mass is 10.1. The number of aromatic hydroxyl groups is 1. The second-order valence-corrected chi connectivity index (χ2v) is 10.8. The van der Waals surface area contributed by atoms with Crippen LogP contribution in [0.4, 0.5) is 25.5 Å². The van der Waals surface area contributed by atoms with Gasteiger partial charge in [-0.25, -0.2) is 23.9 Å². The molecule has 0 aliphatic carbocycles. The molecule has 0 unspecified atom stereocenters. The van der Waals surface area contributed by atoms with Gasteiger partial charge in [0.05, 0.1) is 11.2 Å². The number of ether oxygens (including phenoxy) is 2. The first-order valence-corrected chi connectivity index (χ1v) is 13.2. The highest BCUT2D eigenvalue weighted by Gasteiger charge is 2.25. The van der Waals surface area contributed by atoms with Gasteiger partial charge in [0.15, 0.2) is 11.5 Å². The van der Waals surface area contributed by atoms with Crippen LogP contribution in [0, 0.1) is 5.82 Å². The van der Waals surface area contributed by atoms with E-state index in [1.165, 1.54) is 47.8 Å². The van der Waals surface area contributed by atoms with Gasteiger partial charge in [0.1, 0.15) is 29.8 Å². The van der Waals surface area contributed by atoms with Crippen LogP contribution < -0.4 is 20.1 Å². The molecule has 3 heterocycles. The summed E-state index contributed by atoms with van der Waals surface area (Å²) in [4.78, 5) is 33.2. The zero-order valence-corrected chi connectivity index (χ0v) is 23.2. The van der Waals surface area contributed by atoms with E-state index < -0.39 is 23.5 Å². The predicted octanol–water partition coefficient (Wildman–Crippen LogP) is 5.08. The average Bonchev–Trinajstić information content (AvgIpc) is 3.39. The summed E-state index contributed by atoms with van der Waals surface area (Å²) in [6.45, 7) is 6.20. The minimum absolute atomic E-state index is 0.106. The van der Waals surface area contributed by atoms with E-state index in [4.69, 9.17) is 14.6 Å². The molecular formula is C28H30FN7O6. The number of benzene rings is 2. The van der Waals surface area contributed by atoms with Gasteiger partial charge in [0, 0.05) is 61.3 Å². The van der Waals surface area contributed by atoms with Crippen molar-refractivity contribution in [1.29, 1.82) is 0 Å². The lowest BCUT2D eigenvalue weighted by Gasteiger charge is -2.30. The maximum atomic E-state index is 15.1. The predicted molar refractivity (Wildman–Crippen MR) is 150 cm³/mol. The van der Waals surface area contributed by atoms with E-state index >= 15 is 4.39 Å². The van der Waals surface area contributed by atoms with Gasteiger partial charge in [-0.05, 0) is 39.0 Å². The number of carboxylic acid groups (broad SMARTS) is 1. The molecular weight excluding hydrogens is 549 g/mol. The van der Waals surface area contributed by atoms with Crippen LogP contribution in [0.15, 0.2) is 48.9 Å². The standard InChI is InChI=1S/C28H30FN7O6/c1-28(2,3)33-26(38)36-11-8-24(34-36)42-17-4-5-20(19(29)12-17)32-25-18-13-23(22(37)14-21(18)30-15-31-25)41-16-6-9-35(10-7-16)27(39)40/h4-5,8,11-16,37H,6-7,9-10H2,1-3H3,(H,33,38)(H,39,40)(H,30,31,32). The molecule has 2 aromatic heterocycles. The molecule has 0 atom stereocenters. The molecule has 4 N–H and O–H groups in total. The second kappa shape index (κ2) is 11.4. The number of aromatic nitrogens is 4. The van der Waals surface area contributed by atoms with Gasteiger partial charge in [0.25, 0.3) is 0 Å². The number of nitrogens with zero attached hydrogens (tertiary/aromatic N) is 5. The maximum Gasteiger partial charge on any atom is 0.407 e. The minimum Gasteiger partial charge on any atom is -0.504 e. The van der Waals surface area contributed by atoms with Crippen LogP contribution in [-0.4, -0.2) is 71.7 Å². The van der Waals surface area contributed by atoms with Crippen molar-refractivity contribution < 1.29 is 33.7 Å². The van der Waals surface area contributed by atoms with Crippen LogP contribution in [0.25, 0.3) is 10.9 Å². The molecule has 1 aliphatic rings. The van der Waals surface area contributed by atoms with E-state index in [1.807, 2.05) is 20.8 Å². The van der Waals surface area contributed by atoms with Gasteiger partial charge in [-0.1, -0.05) is 0 Å². The number of carbonyl (C=O) groups is 2. The Morgan fingerprint density at radius 2 is 1.86 bits per heavy atom. The molecule has 1 aliphatic heterocycles. The number of phenolic OH excluding ortho intramolecular Hbond substituents is 1. The Kier molecular flexibility index (Phi) is 7.70. The van der Waals surface area contributed by atoms with E-state index in [0.717, 1.165) is 4.68 Å². The summed E-state index contributed by atoms with van der Waals surface area (Å²) < 4.78 is 27.8. The highest BCUT2D eigenvalue weighted by molar-refractivity contribution is 5.93. The van der Waals surface area contributed by atoms with Crippen molar-refractivity contribution in [1.82, 2.24) is 30.0 Å². The highest BCUT2D eigenvalue weighted by atomic mass is 19.1. The van der Waals surface area contributed by atoms with E-state index in [9.17, 15) is 14.7 Å². The van der Waals surface area contributed by atoms with Gasteiger partial charge >= 0.3 is 12.1 Å². The first-order valence-electron chi connectivity index (χ1n) is 13.2. The SMILES string of the molecule is CC(C)(C)NC(=O)n1ccc(Oc2ccc(Nc3ncnc4cc(O)c(OC5CCN(C(=O)O)CC5)cc34)c(F)c2)n1. The van der Waals surface area contributed by atoms with Crippen molar-refractivity contribution in [2.24, 2.45) is 0 Å². The Hall–Kier alpha value is -5.14. The van der Waals surface area contributed by atoms with E-state index in [1.54, 1.807) is 6.07 Å². The normalized spacial score (nSPS) is 14.0. The molecule has 13 nitrogen and oxygen atoms in total. The number of nitrogens with one attached hydrogen (secondary N) is 2. The Labute approximate surface area is 239 Å². The van der Waals surface area contributed by atoms with Crippen molar-refractivity contribution in [3.8, 4) is 23.1 Å². The maximum absolute atomic E-state index is 15.1. The first-order chi connectivity index (χ1) is 19.9. The highest BCUT2D eigenvalue weighted by Crippen LogP contribution is 2.36. The second-order valence-electron chi connectivity index (χ2n) is 10.8. The summed E-state index contributed by atoms with van der Waals surface area (Å²) in [6.07, 6.45) is 2.42. The molecule has 1 saturated heterocycles. The Morgan fingerprint density at radius 1 is 1.10 bits per heavy atom. The van der Waals surface area contributed by atoms with Gasteiger partial charge in [0.2, 0.25) is 5.88 Å². The largest absolute Gasteiger partial charge is 0.504 e. The fourth-order valence-electron chi connectivity index (χ4n) is 4.37. The summed E-state index contributed by atoms with van der Waals surface area (Å²) >= 11 is 0. The van der Waals surface area contributed by atoms with E-state index in [-0.39, 0.29) is 40.7 Å². The lowest BCUT2D eigenvalue weighted by Crippen LogP contribution is -2.43. The zero-order chi connectivity index (χ0) is 30.0. The smallest absolute Gasteiger partial charge is 0.407 e. The van der Waals surface area contributed by atoms with Crippen molar-refractivity contribution in [3.63, 3.8) is 0 Å². The number of anilines is 2. The molecule has 0 saturated carbocycles. The number of hydrogen-bond acceptors (Lipinski definition) is 9. The number of rotatable bonds is 6. The molecule has 2 aromatic carbocycles. The van der Waals surface area contributed by atoms with E-state index in [0.29, 0.717) is 36.8 Å². The van der Waals surface area contributed by atoms with Crippen molar-refractivity contribution >= 4 is 34.5 Å². The Morgan fingerprint density at radius 3 is 2.55 bits per heavy atom. The molecule has 0 bridgehead atoms. The summed E-state index contributed by atoms with van der Waals surface area (Å²) in [7, 11) is 0. The number of halogens is 1. The van der Waals surface area contributed by atoms with Crippen LogP contribution in [0.1, 0.15) is 33.6 Å². The molecule has 2 amide bonds. The number of fused-ring (bicyclic) bond motifs is 1.